The van der Waals surface area contributed by atoms with Crippen LogP contribution in [0.2, 0.25) is 0 Å². The van der Waals surface area contributed by atoms with Crippen molar-refractivity contribution in [2.24, 2.45) is 0 Å². The molecule has 2 rings (SSSR count). The zero-order chi connectivity index (χ0) is 20.6. The van der Waals surface area contributed by atoms with Gasteiger partial charge >= 0.3 is 12.3 Å². The van der Waals surface area contributed by atoms with Gasteiger partial charge in [-0.25, -0.2) is 9.80 Å². The van der Waals surface area contributed by atoms with Crippen LogP contribution in [0.3, 0.4) is 0 Å². The van der Waals surface area contributed by atoms with Crippen molar-refractivity contribution in [2.75, 3.05) is 20.2 Å². The van der Waals surface area contributed by atoms with E-state index in [4.69, 9.17) is 9.47 Å². The molecule has 8 heteroatoms. The third-order valence-electron chi connectivity index (χ3n) is 3.92. The Hall–Kier alpha value is -2.74. The number of nitrogens with one attached hydrogen (secondary N) is 1. The summed E-state index contributed by atoms with van der Waals surface area (Å²) in [6.07, 6.45) is -4.85. The number of carbonyl (C=O) groups is 1. The van der Waals surface area contributed by atoms with Crippen LogP contribution in [0.15, 0.2) is 54.6 Å². The van der Waals surface area contributed by atoms with E-state index in [1.165, 1.54) is 12.1 Å². The fourth-order valence-corrected chi connectivity index (χ4v) is 2.53. The Morgan fingerprint density at radius 1 is 1.11 bits per heavy atom. The Balaban J connectivity index is 2.05. The maximum atomic E-state index is 12.7. The highest BCUT2D eigenvalue weighted by Crippen LogP contribution is 2.31. The average molecular weight is 396 g/mol. The fraction of sp³-hybridized carbons (Fsp3) is 0.350. The summed E-state index contributed by atoms with van der Waals surface area (Å²) >= 11 is 0. The molecule has 0 radical (unpaired) electrons. The zero-order valence-corrected chi connectivity index (χ0v) is 15.7. The van der Waals surface area contributed by atoms with Gasteiger partial charge in [0.15, 0.2) is 0 Å². The van der Waals surface area contributed by atoms with Gasteiger partial charge in [0.1, 0.15) is 11.9 Å². The van der Waals surface area contributed by atoms with Crippen LogP contribution in [-0.2, 0) is 10.9 Å². The molecule has 2 aromatic rings. The standard InChI is InChI=1S/C20H23F3N2O3/c1-3-27-19(26)24-25(2)14-13-18(15-7-5-4-6-8-15)28-17-11-9-16(10-12-17)20(21,22)23/h4-12,18H,3,13-14H2,1-2H3,(H,24,26). The highest BCUT2D eigenvalue weighted by molar-refractivity contribution is 5.66. The van der Waals surface area contributed by atoms with Gasteiger partial charge in [-0.05, 0) is 36.8 Å². The zero-order valence-electron chi connectivity index (χ0n) is 15.7. The number of carbonyl (C=O) groups excluding carboxylic acids is 1. The third-order valence-corrected chi connectivity index (χ3v) is 3.92. The number of halogens is 3. The summed E-state index contributed by atoms with van der Waals surface area (Å²) in [6, 6.07) is 13.9. The maximum Gasteiger partial charge on any atom is 0.421 e. The number of alkyl halides is 3. The summed E-state index contributed by atoms with van der Waals surface area (Å²) in [6.45, 7) is 2.42. The molecule has 0 aliphatic carbocycles. The van der Waals surface area contributed by atoms with E-state index in [9.17, 15) is 18.0 Å². The van der Waals surface area contributed by atoms with Crippen molar-refractivity contribution in [3.8, 4) is 5.75 Å². The molecule has 28 heavy (non-hydrogen) atoms. The summed E-state index contributed by atoms with van der Waals surface area (Å²) < 4.78 is 48.9. The van der Waals surface area contributed by atoms with Gasteiger partial charge in [0, 0.05) is 20.0 Å². The predicted molar refractivity (Wildman–Crippen MR) is 98.7 cm³/mol. The maximum absolute atomic E-state index is 12.7. The first-order valence-corrected chi connectivity index (χ1v) is 8.83. The van der Waals surface area contributed by atoms with E-state index in [0.717, 1.165) is 17.7 Å². The highest BCUT2D eigenvalue weighted by atomic mass is 19.4. The number of hydrogen-bond donors (Lipinski definition) is 1. The molecule has 1 amide bonds. The number of hydrazine groups is 1. The minimum Gasteiger partial charge on any atom is -0.486 e. The first kappa shape index (κ1) is 21.6. The number of hydrogen-bond acceptors (Lipinski definition) is 4. The van der Waals surface area contributed by atoms with Crippen LogP contribution in [0.4, 0.5) is 18.0 Å². The quantitative estimate of drug-likeness (QED) is 0.651. The smallest absolute Gasteiger partial charge is 0.421 e. The van der Waals surface area contributed by atoms with Crippen molar-refractivity contribution in [2.45, 2.75) is 25.6 Å². The molecule has 5 nitrogen and oxygen atoms in total. The van der Waals surface area contributed by atoms with E-state index in [1.807, 2.05) is 30.3 Å². The Morgan fingerprint density at radius 2 is 1.75 bits per heavy atom. The molecule has 1 N–H and O–H groups in total. The lowest BCUT2D eigenvalue weighted by molar-refractivity contribution is -0.137. The molecular formula is C20H23F3N2O3. The predicted octanol–water partition coefficient (Wildman–Crippen LogP) is 4.81. The molecule has 1 unspecified atom stereocenters. The minimum absolute atomic E-state index is 0.267. The summed E-state index contributed by atoms with van der Waals surface area (Å²) in [5, 5.41) is 1.57. The molecule has 0 spiro atoms. The molecule has 0 saturated carbocycles. The van der Waals surface area contributed by atoms with E-state index < -0.39 is 23.9 Å². The summed E-state index contributed by atoms with van der Waals surface area (Å²) in [5.74, 6) is 0.336. The molecule has 0 aliphatic rings. The Kier molecular flexibility index (Phi) is 7.69. The van der Waals surface area contributed by atoms with Crippen molar-refractivity contribution in [1.82, 2.24) is 10.4 Å². The normalized spacial score (nSPS) is 12.5. The molecule has 152 valence electrons. The van der Waals surface area contributed by atoms with Crippen molar-refractivity contribution in [1.29, 1.82) is 0 Å². The van der Waals surface area contributed by atoms with Gasteiger partial charge in [-0.15, -0.1) is 0 Å². The van der Waals surface area contributed by atoms with Crippen LogP contribution < -0.4 is 10.2 Å². The van der Waals surface area contributed by atoms with Crippen LogP contribution in [0.5, 0.6) is 5.75 Å². The second-order valence-corrected chi connectivity index (χ2v) is 6.08. The van der Waals surface area contributed by atoms with Crippen LogP contribution in [0, 0.1) is 0 Å². The van der Waals surface area contributed by atoms with Crippen LogP contribution in [0.25, 0.3) is 0 Å². The Labute approximate surface area is 162 Å². The van der Waals surface area contributed by atoms with E-state index >= 15 is 0 Å². The molecule has 1 atom stereocenters. The largest absolute Gasteiger partial charge is 0.486 e. The first-order valence-electron chi connectivity index (χ1n) is 8.83. The third kappa shape index (κ3) is 6.77. The number of rotatable bonds is 8. The number of ether oxygens (including phenoxy) is 2. The molecule has 0 fully saturated rings. The Morgan fingerprint density at radius 3 is 2.32 bits per heavy atom. The molecular weight excluding hydrogens is 373 g/mol. The monoisotopic (exact) mass is 396 g/mol. The number of benzene rings is 2. The lowest BCUT2D eigenvalue weighted by Gasteiger charge is -2.23. The van der Waals surface area contributed by atoms with Gasteiger partial charge in [-0.1, -0.05) is 30.3 Å². The lowest BCUT2D eigenvalue weighted by Crippen LogP contribution is -2.40. The molecule has 0 aromatic heterocycles. The van der Waals surface area contributed by atoms with Crippen LogP contribution in [-0.4, -0.2) is 31.3 Å². The average Bonchev–Trinajstić information content (AvgIpc) is 2.65. The minimum atomic E-state index is -4.39. The summed E-state index contributed by atoms with van der Waals surface area (Å²) in [7, 11) is 1.69. The molecule has 0 aliphatic heterocycles. The van der Waals surface area contributed by atoms with Crippen molar-refractivity contribution in [3.05, 3.63) is 65.7 Å². The van der Waals surface area contributed by atoms with E-state index in [2.05, 4.69) is 5.43 Å². The van der Waals surface area contributed by atoms with Gasteiger partial charge in [-0.2, -0.15) is 13.2 Å². The van der Waals surface area contributed by atoms with E-state index in [1.54, 1.807) is 19.0 Å². The summed E-state index contributed by atoms with van der Waals surface area (Å²) in [4.78, 5) is 11.5. The second kappa shape index (κ2) is 9.98. The van der Waals surface area contributed by atoms with Gasteiger partial charge in [0.2, 0.25) is 0 Å². The number of amides is 1. The van der Waals surface area contributed by atoms with E-state index in [-0.39, 0.29) is 6.61 Å². The van der Waals surface area contributed by atoms with Crippen LogP contribution >= 0.6 is 0 Å². The van der Waals surface area contributed by atoms with Gasteiger partial charge in [0.25, 0.3) is 0 Å². The van der Waals surface area contributed by atoms with Crippen molar-refractivity contribution < 1.29 is 27.4 Å². The fourth-order valence-electron chi connectivity index (χ4n) is 2.53. The molecule has 2 aromatic carbocycles. The first-order chi connectivity index (χ1) is 13.3. The molecule has 0 saturated heterocycles. The number of nitrogens with zero attached hydrogens (tertiary/aromatic N) is 1. The molecule has 0 bridgehead atoms. The molecule has 0 heterocycles. The topological polar surface area (TPSA) is 50.8 Å². The lowest BCUT2D eigenvalue weighted by atomic mass is 10.1. The second-order valence-electron chi connectivity index (χ2n) is 6.08. The van der Waals surface area contributed by atoms with Crippen molar-refractivity contribution >= 4 is 6.09 Å². The Bertz CT molecular complexity index is 737. The van der Waals surface area contributed by atoms with Crippen molar-refractivity contribution in [3.63, 3.8) is 0 Å². The van der Waals surface area contributed by atoms with Crippen LogP contribution in [0.1, 0.15) is 30.6 Å². The highest BCUT2D eigenvalue weighted by Gasteiger charge is 2.30. The SMILES string of the molecule is CCOC(=O)NN(C)CCC(Oc1ccc(C(F)(F)F)cc1)c1ccccc1. The van der Waals surface area contributed by atoms with Gasteiger partial charge in [0.05, 0.1) is 12.2 Å². The van der Waals surface area contributed by atoms with Gasteiger partial charge in [-0.3, -0.25) is 5.43 Å². The summed E-state index contributed by atoms with van der Waals surface area (Å²) in [5.41, 5.74) is 2.72. The van der Waals surface area contributed by atoms with Gasteiger partial charge < -0.3 is 9.47 Å². The van der Waals surface area contributed by atoms with E-state index in [0.29, 0.717) is 18.7 Å².